The maximum atomic E-state index is 12.5. The van der Waals surface area contributed by atoms with E-state index >= 15 is 0 Å². The fourth-order valence-corrected chi connectivity index (χ4v) is 6.04. The topological polar surface area (TPSA) is 81.5 Å². The van der Waals surface area contributed by atoms with Crippen LogP contribution >= 0.6 is 11.6 Å². The number of rotatable bonds is 5. The van der Waals surface area contributed by atoms with Crippen LogP contribution in [-0.2, 0) is 0 Å². The number of nitro groups is 1. The minimum absolute atomic E-state index is 0.0692. The van der Waals surface area contributed by atoms with Gasteiger partial charge in [-0.05, 0) is 86.1 Å². The van der Waals surface area contributed by atoms with E-state index in [2.05, 4.69) is 5.32 Å². The maximum absolute atomic E-state index is 12.5. The summed E-state index contributed by atoms with van der Waals surface area (Å²) in [5.74, 6) is 3.50. The Balaban J connectivity index is 1.25. The lowest BCUT2D eigenvalue weighted by molar-refractivity contribution is -0.384. The summed E-state index contributed by atoms with van der Waals surface area (Å²) in [7, 11) is 0. The highest BCUT2D eigenvalue weighted by Gasteiger charge is 2.49. The smallest absolute Gasteiger partial charge is 0.270 e. The molecular weight excluding hydrogens is 404 g/mol. The van der Waals surface area contributed by atoms with Gasteiger partial charge in [0.05, 0.1) is 15.5 Å². The third-order valence-electron chi connectivity index (χ3n) is 6.93. The summed E-state index contributed by atoms with van der Waals surface area (Å²) in [5.41, 5.74) is 0.476. The number of non-ortho nitro benzene ring substituents is 1. The second-order valence-electron chi connectivity index (χ2n) is 8.91. The van der Waals surface area contributed by atoms with Gasteiger partial charge < -0.3 is 10.1 Å². The Labute approximate surface area is 179 Å². The van der Waals surface area contributed by atoms with Crippen molar-refractivity contribution in [3.8, 4) is 5.75 Å². The Bertz CT molecular complexity index is 963. The van der Waals surface area contributed by atoms with E-state index in [1.54, 1.807) is 12.1 Å². The number of carbonyl (C=O) groups excluding carboxylic acids is 1. The highest BCUT2D eigenvalue weighted by atomic mass is 35.5. The molecule has 2 aromatic carbocycles. The Kier molecular flexibility index (Phi) is 4.89. The van der Waals surface area contributed by atoms with E-state index in [1.165, 1.54) is 50.3 Å². The first-order valence-corrected chi connectivity index (χ1v) is 10.9. The number of nitro benzene ring substituents is 1. The van der Waals surface area contributed by atoms with Crippen molar-refractivity contribution >= 4 is 28.9 Å². The Morgan fingerprint density at radius 2 is 1.63 bits per heavy atom. The molecule has 0 radical (unpaired) electrons. The fraction of sp³-hybridized carbons (Fsp3) is 0.435. The molecule has 6 rings (SSSR count). The van der Waals surface area contributed by atoms with Gasteiger partial charge in [0, 0.05) is 17.8 Å². The minimum atomic E-state index is -0.552. The van der Waals surface area contributed by atoms with E-state index < -0.39 is 10.8 Å². The zero-order valence-corrected chi connectivity index (χ0v) is 17.2. The van der Waals surface area contributed by atoms with Crippen LogP contribution in [0.3, 0.4) is 0 Å². The molecule has 4 bridgehead atoms. The fourth-order valence-electron chi connectivity index (χ4n) is 5.84. The van der Waals surface area contributed by atoms with Gasteiger partial charge >= 0.3 is 0 Å². The summed E-state index contributed by atoms with van der Waals surface area (Å²) in [4.78, 5) is 22.9. The molecule has 4 aliphatic rings. The van der Waals surface area contributed by atoms with Gasteiger partial charge in [-0.25, -0.2) is 0 Å². The zero-order chi connectivity index (χ0) is 20.8. The molecule has 30 heavy (non-hydrogen) atoms. The quantitative estimate of drug-likeness (QED) is 0.490. The van der Waals surface area contributed by atoms with Crippen LogP contribution in [0.5, 0.6) is 5.75 Å². The number of carbonyl (C=O) groups is 1. The van der Waals surface area contributed by atoms with Crippen molar-refractivity contribution in [2.75, 3.05) is 5.32 Å². The summed E-state index contributed by atoms with van der Waals surface area (Å²) < 4.78 is 6.39. The first-order valence-electron chi connectivity index (χ1n) is 10.5. The molecule has 0 aromatic heterocycles. The summed E-state index contributed by atoms with van der Waals surface area (Å²) in [6.45, 7) is 0. The molecule has 0 saturated heterocycles. The molecule has 4 fully saturated rings. The van der Waals surface area contributed by atoms with Crippen LogP contribution in [-0.4, -0.2) is 16.9 Å². The van der Waals surface area contributed by atoms with E-state index in [0.29, 0.717) is 23.6 Å². The van der Waals surface area contributed by atoms with E-state index in [-0.39, 0.29) is 16.3 Å². The lowest BCUT2D eigenvalue weighted by Gasteiger charge is -2.53. The van der Waals surface area contributed by atoms with Crippen LogP contribution in [0.2, 0.25) is 5.02 Å². The summed E-state index contributed by atoms with van der Waals surface area (Å²) in [5, 5.41) is 13.9. The zero-order valence-electron chi connectivity index (χ0n) is 16.4. The number of nitrogens with zero attached hydrogens (tertiary/aromatic N) is 1. The maximum Gasteiger partial charge on any atom is 0.270 e. The van der Waals surface area contributed by atoms with Crippen LogP contribution in [0.25, 0.3) is 0 Å². The highest BCUT2D eigenvalue weighted by Crippen LogP contribution is 2.54. The second-order valence-corrected chi connectivity index (χ2v) is 9.32. The van der Waals surface area contributed by atoms with Gasteiger partial charge in [0.1, 0.15) is 11.9 Å². The SMILES string of the molecule is O=C(Nc1ccc(OC2C3CC4CC(C3)CC2C4)cc1)c1cc([N+](=O)[O-])ccc1Cl. The van der Waals surface area contributed by atoms with Crippen LogP contribution in [0.4, 0.5) is 11.4 Å². The molecule has 156 valence electrons. The van der Waals surface area contributed by atoms with Gasteiger partial charge in [-0.15, -0.1) is 0 Å². The normalized spacial score (nSPS) is 28.9. The predicted molar refractivity (Wildman–Crippen MR) is 114 cm³/mol. The summed E-state index contributed by atoms with van der Waals surface area (Å²) in [6, 6.07) is 11.1. The standard InChI is InChI=1S/C23H23ClN2O4/c24-21-6-3-18(26(28)29)12-20(21)23(27)25-17-1-4-19(5-2-17)30-22-15-8-13-7-14(10-15)11-16(22)9-13/h1-6,12-16,22H,7-11H2,(H,25,27). The number of hydrogen-bond donors (Lipinski definition) is 1. The van der Waals surface area contributed by atoms with E-state index in [9.17, 15) is 14.9 Å². The van der Waals surface area contributed by atoms with Crippen molar-refractivity contribution in [1.29, 1.82) is 0 Å². The van der Waals surface area contributed by atoms with Crippen LogP contribution in [0, 0.1) is 33.8 Å². The van der Waals surface area contributed by atoms with Gasteiger partial charge in [0.15, 0.2) is 0 Å². The number of nitrogens with one attached hydrogen (secondary N) is 1. The number of halogens is 1. The molecule has 0 atom stereocenters. The summed E-state index contributed by atoms with van der Waals surface area (Å²) >= 11 is 6.05. The first-order chi connectivity index (χ1) is 14.5. The Hall–Kier alpha value is -2.60. The minimum Gasteiger partial charge on any atom is -0.490 e. The number of ether oxygens (including phenoxy) is 1. The van der Waals surface area contributed by atoms with E-state index in [4.69, 9.17) is 16.3 Å². The molecule has 0 aliphatic heterocycles. The van der Waals surface area contributed by atoms with Crippen molar-refractivity contribution in [2.45, 2.75) is 38.2 Å². The van der Waals surface area contributed by atoms with Crippen molar-refractivity contribution in [2.24, 2.45) is 23.7 Å². The van der Waals surface area contributed by atoms with Crippen molar-refractivity contribution in [1.82, 2.24) is 0 Å². The molecule has 7 heteroatoms. The second kappa shape index (κ2) is 7.58. The average molecular weight is 427 g/mol. The number of amides is 1. The lowest BCUT2D eigenvalue weighted by Crippen LogP contribution is -2.50. The molecular formula is C23H23ClN2O4. The van der Waals surface area contributed by atoms with E-state index in [1.807, 2.05) is 12.1 Å². The van der Waals surface area contributed by atoms with Crippen molar-refractivity contribution in [3.05, 3.63) is 63.2 Å². The van der Waals surface area contributed by atoms with Gasteiger partial charge in [0.25, 0.3) is 11.6 Å². The summed E-state index contributed by atoms with van der Waals surface area (Å²) in [6.07, 6.45) is 6.93. The third-order valence-corrected chi connectivity index (χ3v) is 7.26. The average Bonchev–Trinajstić information content (AvgIpc) is 2.71. The van der Waals surface area contributed by atoms with Crippen molar-refractivity contribution < 1.29 is 14.5 Å². The molecule has 6 nitrogen and oxygen atoms in total. The molecule has 4 aliphatic carbocycles. The van der Waals surface area contributed by atoms with Crippen molar-refractivity contribution in [3.63, 3.8) is 0 Å². The number of anilines is 1. The van der Waals surface area contributed by atoms with Gasteiger partial charge in [-0.2, -0.15) is 0 Å². The largest absolute Gasteiger partial charge is 0.490 e. The first kappa shape index (κ1) is 19.4. The molecule has 1 N–H and O–H groups in total. The van der Waals surface area contributed by atoms with Gasteiger partial charge in [-0.3, -0.25) is 14.9 Å². The Morgan fingerprint density at radius 1 is 1.00 bits per heavy atom. The molecule has 0 heterocycles. The molecule has 0 unspecified atom stereocenters. The van der Waals surface area contributed by atoms with Crippen LogP contribution in [0.15, 0.2) is 42.5 Å². The molecule has 2 aromatic rings. The highest BCUT2D eigenvalue weighted by molar-refractivity contribution is 6.34. The molecule has 4 saturated carbocycles. The predicted octanol–water partition coefficient (Wildman–Crippen LogP) is 5.70. The number of hydrogen-bond acceptors (Lipinski definition) is 4. The lowest BCUT2D eigenvalue weighted by atomic mass is 9.55. The molecule has 0 spiro atoms. The van der Waals surface area contributed by atoms with Crippen LogP contribution < -0.4 is 10.1 Å². The molecule has 1 amide bonds. The van der Waals surface area contributed by atoms with Crippen LogP contribution in [0.1, 0.15) is 42.5 Å². The Morgan fingerprint density at radius 3 is 2.23 bits per heavy atom. The van der Waals surface area contributed by atoms with E-state index in [0.717, 1.165) is 17.6 Å². The van der Waals surface area contributed by atoms with Gasteiger partial charge in [0.2, 0.25) is 0 Å². The monoisotopic (exact) mass is 426 g/mol. The van der Waals surface area contributed by atoms with Gasteiger partial charge in [-0.1, -0.05) is 11.6 Å². The third kappa shape index (κ3) is 3.65. The number of benzene rings is 2.